The van der Waals surface area contributed by atoms with Crippen molar-refractivity contribution in [3.05, 3.63) is 72.6 Å². The number of ether oxygens (including phenoxy) is 1. The number of hydrogen-bond acceptors (Lipinski definition) is 8. The highest BCUT2D eigenvalue weighted by Gasteiger charge is 2.17. The standard InChI is InChI=1S/C22H16FN5O3/c23-18-9-25-22(27-15-3-1-2-13(6-15)20-10-24-12-31-20)28-21(18)26-16-5-4-14-7-17(29)11-30-19(14)8-16/h1-6,8-10,12H,7,11H2,(H2,25,26,27,28). The van der Waals surface area contributed by atoms with Crippen molar-refractivity contribution in [3.8, 4) is 17.1 Å². The van der Waals surface area contributed by atoms with E-state index in [4.69, 9.17) is 9.15 Å². The Kier molecular flexibility index (Phi) is 4.75. The minimum absolute atomic E-state index is 0.00993. The van der Waals surface area contributed by atoms with E-state index in [9.17, 15) is 9.18 Å². The van der Waals surface area contributed by atoms with Crippen LogP contribution in [0.1, 0.15) is 5.56 Å². The Labute approximate surface area is 176 Å². The fourth-order valence-corrected chi connectivity index (χ4v) is 3.22. The molecule has 154 valence electrons. The van der Waals surface area contributed by atoms with E-state index in [0.717, 1.165) is 17.3 Å². The Morgan fingerprint density at radius 3 is 2.81 bits per heavy atom. The number of aromatic nitrogens is 3. The molecule has 2 N–H and O–H groups in total. The van der Waals surface area contributed by atoms with Gasteiger partial charge in [-0.05, 0) is 18.2 Å². The normalized spacial score (nSPS) is 12.7. The van der Waals surface area contributed by atoms with Crippen molar-refractivity contribution in [3.63, 3.8) is 0 Å². The predicted molar refractivity (Wildman–Crippen MR) is 111 cm³/mol. The molecule has 9 heteroatoms. The van der Waals surface area contributed by atoms with E-state index in [1.165, 1.54) is 6.39 Å². The van der Waals surface area contributed by atoms with Crippen molar-refractivity contribution in [1.29, 1.82) is 0 Å². The van der Waals surface area contributed by atoms with E-state index in [1.807, 2.05) is 24.3 Å². The summed E-state index contributed by atoms with van der Waals surface area (Å²) in [5.74, 6) is 0.881. The van der Waals surface area contributed by atoms with Gasteiger partial charge in [-0.2, -0.15) is 4.98 Å². The summed E-state index contributed by atoms with van der Waals surface area (Å²) in [6.07, 6.45) is 4.40. The Morgan fingerprint density at radius 1 is 1.03 bits per heavy atom. The molecule has 0 saturated heterocycles. The molecule has 2 aromatic heterocycles. The van der Waals surface area contributed by atoms with Gasteiger partial charge < -0.3 is 19.8 Å². The molecule has 3 heterocycles. The Hall–Kier alpha value is -4.27. The van der Waals surface area contributed by atoms with Crippen LogP contribution in [0, 0.1) is 5.82 Å². The molecule has 1 aliphatic rings. The third-order valence-electron chi connectivity index (χ3n) is 4.69. The van der Waals surface area contributed by atoms with Crippen LogP contribution < -0.4 is 15.4 Å². The Bertz CT molecular complexity index is 1260. The first kappa shape index (κ1) is 18.7. The topological polar surface area (TPSA) is 102 Å². The highest BCUT2D eigenvalue weighted by atomic mass is 19.1. The maximum absolute atomic E-state index is 14.3. The molecule has 5 rings (SSSR count). The highest BCUT2D eigenvalue weighted by Crippen LogP contribution is 2.29. The summed E-state index contributed by atoms with van der Waals surface area (Å²) in [4.78, 5) is 23.7. The summed E-state index contributed by atoms with van der Waals surface area (Å²) in [5, 5.41) is 6.00. The number of carbonyl (C=O) groups is 1. The molecule has 0 fully saturated rings. The van der Waals surface area contributed by atoms with E-state index < -0.39 is 5.82 Å². The molecular formula is C22H16FN5O3. The first-order valence-electron chi connectivity index (χ1n) is 9.47. The average Bonchev–Trinajstić information content (AvgIpc) is 3.31. The monoisotopic (exact) mass is 417 g/mol. The maximum atomic E-state index is 14.3. The van der Waals surface area contributed by atoms with E-state index >= 15 is 0 Å². The van der Waals surface area contributed by atoms with Gasteiger partial charge in [0.05, 0.1) is 12.4 Å². The minimum atomic E-state index is -0.602. The number of benzene rings is 2. The van der Waals surface area contributed by atoms with Gasteiger partial charge in [-0.3, -0.25) is 4.79 Å². The van der Waals surface area contributed by atoms with Gasteiger partial charge in [0.25, 0.3) is 0 Å². The first-order chi connectivity index (χ1) is 15.1. The first-order valence-corrected chi connectivity index (χ1v) is 9.47. The molecule has 2 aromatic carbocycles. The number of hydrogen-bond donors (Lipinski definition) is 2. The zero-order chi connectivity index (χ0) is 21.2. The lowest BCUT2D eigenvalue weighted by atomic mass is 10.1. The van der Waals surface area contributed by atoms with Crippen molar-refractivity contribution in [2.45, 2.75) is 6.42 Å². The largest absolute Gasteiger partial charge is 0.485 e. The zero-order valence-electron chi connectivity index (χ0n) is 16.1. The van der Waals surface area contributed by atoms with Gasteiger partial charge in [-0.25, -0.2) is 14.4 Å². The van der Waals surface area contributed by atoms with Crippen LogP contribution in [0.25, 0.3) is 11.3 Å². The van der Waals surface area contributed by atoms with Gasteiger partial charge in [-0.15, -0.1) is 0 Å². The van der Waals surface area contributed by atoms with Crippen LogP contribution >= 0.6 is 0 Å². The number of oxazole rings is 1. The number of ketones is 1. The smallest absolute Gasteiger partial charge is 0.229 e. The Balaban J connectivity index is 1.36. The van der Waals surface area contributed by atoms with Gasteiger partial charge >= 0.3 is 0 Å². The molecule has 0 unspecified atom stereocenters. The van der Waals surface area contributed by atoms with E-state index in [-0.39, 0.29) is 24.2 Å². The number of rotatable bonds is 5. The third kappa shape index (κ3) is 4.06. The number of anilines is 4. The zero-order valence-corrected chi connectivity index (χ0v) is 16.1. The second-order valence-corrected chi connectivity index (χ2v) is 6.91. The second kappa shape index (κ2) is 7.86. The minimum Gasteiger partial charge on any atom is -0.485 e. The van der Waals surface area contributed by atoms with Gasteiger partial charge in [-0.1, -0.05) is 18.2 Å². The molecule has 8 nitrogen and oxygen atoms in total. The SMILES string of the molecule is O=C1COc2cc(Nc3nc(Nc4cccc(-c5cnco5)c4)ncc3F)ccc2C1. The summed E-state index contributed by atoms with van der Waals surface area (Å²) in [6, 6.07) is 12.7. The van der Waals surface area contributed by atoms with Crippen LogP contribution in [0.4, 0.5) is 27.5 Å². The number of nitrogens with zero attached hydrogens (tertiary/aromatic N) is 3. The van der Waals surface area contributed by atoms with Crippen LogP contribution in [-0.2, 0) is 11.2 Å². The van der Waals surface area contributed by atoms with Gasteiger partial charge in [0.15, 0.2) is 29.6 Å². The Morgan fingerprint density at radius 2 is 1.94 bits per heavy atom. The molecule has 0 bridgehead atoms. The summed E-state index contributed by atoms with van der Waals surface area (Å²) in [5.41, 5.74) is 2.93. The van der Waals surface area contributed by atoms with Crippen LogP contribution in [0.3, 0.4) is 0 Å². The molecule has 0 aliphatic carbocycles. The molecule has 1 aliphatic heterocycles. The van der Waals surface area contributed by atoms with Crippen LogP contribution in [0.2, 0.25) is 0 Å². The number of nitrogens with one attached hydrogen (secondary N) is 2. The third-order valence-corrected chi connectivity index (χ3v) is 4.69. The molecular weight excluding hydrogens is 401 g/mol. The molecule has 0 amide bonds. The average molecular weight is 417 g/mol. The van der Waals surface area contributed by atoms with Gasteiger partial charge in [0.1, 0.15) is 12.4 Å². The molecule has 4 aromatic rings. The fourth-order valence-electron chi connectivity index (χ4n) is 3.22. The van der Waals surface area contributed by atoms with E-state index in [2.05, 4.69) is 25.6 Å². The number of carbonyl (C=O) groups excluding carboxylic acids is 1. The quantitative estimate of drug-likeness (QED) is 0.497. The van der Waals surface area contributed by atoms with Crippen LogP contribution in [0.5, 0.6) is 5.75 Å². The second-order valence-electron chi connectivity index (χ2n) is 6.91. The molecule has 0 atom stereocenters. The lowest BCUT2D eigenvalue weighted by molar-refractivity contribution is -0.121. The molecule has 31 heavy (non-hydrogen) atoms. The number of fused-ring (bicyclic) bond motifs is 1. The van der Waals surface area contributed by atoms with Crippen LogP contribution in [0.15, 0.2) is 65.7 Å². The summed E-state index contributed by atoms with van der Waals surface area (Å²) in [6.45, 7) is 0.0412. The molecule has 0 spiro atoms. The maximum Gasteiger partial charge on any atom is 0.229 e. The van der Waals surface area contributed by atoms with Gasteiger partial charge in [0, 0.05) is 35.0 Å². The van der Waals surface area contributed by atoms with Crippen molar-refractivity contribution in [2.75, 3.05) is 17.2 Å². The molecule has 0 saturated carbocycles. The summed E-state index contributed by atoms with van der Waals surface area (Å²) < 4.78 is 25.1. The van der Waals surface area contributed by atoms with E-state index in [1.54, 1.807) is 24.4 Å². The molecule has 0 radical (unpaired) electrons. The van der Waals surface area contributed by atoms with Crippen molar-refractivity contribution < 1.29 is 18.3 Å². The highest BCUT2D eigenvalue weighted by molar-refractivity contribution is 5.85. The summed E-state index contributed by atoms with van der Waals surface area (Å²) in [7, 11) is 0. The number of Topliss-reactive ketones (excluding diaryl/α,β-unsaturated/α-hetero) is 1. The fraction of sp³-hybridized carbons (Fsp3) is 0.0909. The van der Waals surface area contributed by atoms with Crippen LogP contribution in [-0.4, -0.2) is 27.3 Å². The number of halogens is 1. The van der Waals surface area contributed by atoms with Crippen molar-refractivity contribution in [2.24, 2.45) is 0 Å². The lowest BCUT2D eigenvalue weighted by Gasteiger charge is -2.17. The van der Waals surface area contributed by atoms with Gasteiger partial charge in [0.2, 0.25) is 5.95 Å². The lowest BCUT2D eigenvalue weighted by Crippen LogP contribution is -2.20. The van der Waals surface area contributed by atoms with E-state index in [0.29, 0.717) is 29.3 Å². The van der Waals surface area contributed by atoms with Crippen molar-refractivity contribution in [1.82, 2.24) is 15.0 Å². The summed E-state index contributed by atoms with van der Waals surface area (Å²) >= 11 is 0. The predicted octanol–water partition coefficient (Wildman–Crippen LogP) is 4.26. The van der Waals surface area contributed by atoms with Crippen molar-refractivity contribution >= 4 is 28.9 Å².